The van der Waals surface area contributed by atoms with E-state index in [1.807, 2.05) is 41.5 Å². The second-order valence-electron chi connectivity index (χ2n) is 7.36. The number of nitrogen functional groups attached to an aromatic ring is 1. The molecule has 4 aromatic rings. The molecular formula is C22H21FN6O. The monoisotopic (exact) mass is 404 g/mol. The zero-order valence-corrected chi connectivity index (χ0v) is 16.8. The molecule has 0 fully saturated rings. The first-order chi connectivity index (χ1) is 14.5. The molecule has 8 heteroatoms. The molecule has 7 nitrogen and oxygen atoms in total. The van der Waals surface area contributed by atoms with E-state index >= 15 is 0 Å². The van der Waals surface area contributed by atoms with Crippen LogP contribution in [0.3, 0.4) is 0 Å². The number of halogens is 1. The molecule has 2 N–H and O–H groups in total. The fourth-order valence-electron chi connectivity index (χ4n) is 3.95. The highest BCUT2D eigenvalue weighted by molar-refractivity contribution is 5.69. The van der Waals surface area contributed by atoms with Crippen LogP contribution in [-0.4, -0.2) is 24.5 Å². The molecule has 0 radical (unpaired) electrons. The number of fused-ring (bicyclic) bond motifs is 7. The fourth-order valence-corrected chi connectivity index (χ4v) is 3.95. The summed E-state index contributed by atoms with van der Waals surface area (Å²) in [6, 6.07) is 8.57. The van der Waals surface area contributed by atoms with Gasteiger partial charge in [0.25, 0.3) is 0 Å². The number of benzene rings is 1. The van der Waals surface area contributed by atoms with Crippen LogP contribution >= 0.6 is 0 Å². The van der Waals surface area contributed by atoms with Crippen LogP contribution in [-0.2, 0) is 19.7 Å². The van der Waals surface area contributed by atoms with Gasteiger partial charge < -0.3 is 10.5 Å². The number of nitrogens with zero attached hydrogens (tertiary/aromatic N) is 5. The maximum Gasteiger partial charge on any atom is 0.166 e. The standard InChI is InChI=1S/C22H21FN6O/c1-3-28-21-14-8-20(22(24)25-9-14)30-12-15-7-17(23)4-5-18(15)19-6-13(2)27-29(19)11-16(21)10-26-28/h4-10H,3,11-12H2,1-2H3,(H2,24,25). The molecule has 0 saturated heterocycles. The van der Waals surface area contributed by atoms with E-state index in [4.69, 9.17) is 10.5 Å². The minimum Gasteiger partial charge on any atom is -0.485 e. The van der Waals surface area contributed by atoms with Gasteiger partial charge in [-0.25, -0.2) is 9.37 Å². The second-order valence-corrected chi connectivity index (χ2v) is 7.36. The SMILES string of the molecule is CCn1ncc2c1-c1cnc(N)c(c1)OCc1cc(F)ccc1-c1cc(C)nn1C2. The molecule has 1 aliphatic rings. The summed E-state index contributed by atoms with van der Waals surface area (Å²) in [6.45, 7) is 5.38. The van der Waals surface area contributed by atoms with Gasteiger partial charge in [-0.15, -0.1) is 0 Å². The third-order valence-electron chi connectivity index (χ3n) is 5.32. The number of anilines is 1. The predicted molar refractivity (Wildman–Crippen MR) is 111 cm³/mol. The van der Waals surface area contributed by atoms with Crippen LogP contribution in [0.25, 0.3) is 22.5 Å². The van der Waals surface area contributed by atoms with E-state index in [2.05, 4.69) is 15.2 Å². The van der Waals surface area contributed by atoms with Crippen LogP contribution in [0, 0.1) is 12.7 Å². The number of pyridine rings is 1. The Morgan fingerprint density at radius 1 is 1.17 bits per heavy atom. The summed E-state index contributed by atoms with van der Waals surface area (Å²) >= 11 is 0. The molecule has 0 spiro atoms. The van der Waals surface area contributed by atoms with Crippen LogP contribution in [0.1, 0.15) is 23.7 Å². The number of aryl methyl sites for hydroxylation is 2. The third kappa shape index (κ3) is 3.01. The Hall–Kier alpha value is -3.68. The topological polar surface area (TPSA) is 83.8 Å². The normalized spacial score (nSPS) is 12.8. The highest BCUT2D eigenvalue weighted by atomic mass is 19.1. The number of aromatic nitrogens is 5. The van der Waals surface area contributed by atoms with Gasteiger partial charge in [-0.1, -0.05) is 0 Å². The van der Waals surface area contributed by atoms with Crippen LogP contribution in [0.5, 0.6) is 5.75 Å². The minimum absolute atomic E-state index is 0.159. The van der Waals surface area contributed by atoms with Gasteiger partial charge in [0.15, 0.2) is 11.6 Å². The summed E-state index contributed by atoms with van der Waals surface area (Å²) < 4.78 is 23.9. The summed E-state index contributed by atoms with van der Waals surface area (Å²) in [4.78, 5) is 4.32. The number of hydrogen-bond acceptors (Lipinski definition) is 5. The third-order valence-corrected chi connectivity index (χ3v) is 5.32. The van der Waals surface area contributed by atoms with Crippen molar-refractivity contribution in [2.45, 2.75) is 33.5 Å². The van der Waals surface area contributed by atoms with E-state index < -0.39 is 0 Å². The van der Waals surface area contributed by atoms with Crippen molar-refractivity contribution in [3.63, 3.8) is 0 Å². The maximum atomic E-state index is 14.0. The van der Waals surface area contributed by atoms with Crippen molar-refractivity contribution in [3.05, 3.63) is 65.4 Å². The number of rotatable bonds is 1. The molecule has 0 unspecified atom stereocenters. The molecule has 1 aromatic carbocycles. The Morgan fingerprint density at radius 2 is 2.03 bits per heavy atom. The zero-order valence-electron chi connectivity index (χ0n) is 16.8. The Morgan fingerprint density at radius 3 is 2.87 bits per heavy atom. The molecule has 4 heterocycles. The first kappa shape index (κ1) is 18.4. The summed E-state index contributed by atoms with van der Waals surface area (Å²) in [5.74, 6) is 0.431. The number of hydrogen-bond donors (Lipinski definition) is 1. The lowest BCUT2D eigenvalue weighted by Crippen LogP contribution is -2.10. The van der Waals surface area contributed by atoms with E-state index in [-0.39, 0.29) is 12.4 Å². The molecular weight excluding hydrogens is 383 g/mol. The Balaban J connectivity index is 1.78. The predicted octanol–water partition coefficient (Wildman–Crippen LogP) is 3.80. The lowest BCUT2D eigenvalue weighted by atomic mass is 10.0. The van der Waals surface area contributed by atoms with Crippen molar-refractivity contribution in [2.24, 2.45) is 0 Å². The molecule has 2 bridgehead atoms. The minimum atomic E-state index is -0.321. The van der Waals surface area contributed by atoms with Crippen molar-refractivity contribution < 1.29 is 9.13 Å². The average molecular weight is 404 g/mol. The van der Waals surface area contributed by atoms with Crippen molar-refractivity contribution in [1.29, 1.82) is 0 Å². The van der Waals surface area contributed by atoms with Gasteiger partial charge in [-0.2, -0.15) is 10.2 Å². The van der Waals surface area contributed by atoms with Crippen LogP contribution in [0.4, 0.5) is 10.2 Å². The van der Waals surface area contributed by atoms with Crippen molar-refractivity contribution >= 4 is 5.82 Å². The highest BCUT2D eigenvalue weighted by Gasteiger charge is 2.20. The first-order valence-electron chi connectivity index (χ1n) is 9.80. The highest BCUT2D eigenvalue weighted by Crippen LogP contribution is 2.34. The Bertz CT molecular complexity index is 1260. The van der Waals surface area contributed by atoms with Gasteiger partial charge in [0.1, 0.15) is 12.4 Å². The van der Waals surface area contributed by atoms with Crippen molar-refractivity contribution in [3.8, 4) is 28.3 Å². The van der Waals surface area contributed by atoms with Gasteiger partial charge in [0.05, 0.1) is 29.8 Å². The summed E-state index contributed by atoms with van der Waals surface area (Å²) in [6.07, 6.45) is 3.58. The van der Waals surface area contributed by atoms with E-state index in [0.717, 1.165) is 33.8 Å². The molecule has 0 saturated carbocycles. The summed E-state index contributed by atoms with van der Waals surface area (Å²) in [5.41, 5.74) is 12.2. The number of nitrogens with two attached hydrogens (primary N) is 1. The summed E-state index contributed by atoms with van der Waals surface area (Å²) in [5, 5.41) is 9.23. The van der Waals surface area contributed by atoms with E-state index in [1.54, 1.807) is 12.3 Å². The molecule has 3 aromatic heterocycles. The van der Waals surface area contributed by atoms with E-state index in [9.17, 15) is 4.39 Å². The van der Waals surface area contributed by atoms with Crippen LogP contribution in [0.2, 0.25) is 0 Å². The fraction of sp³-hybridized carbons (Fsp3) is 0.227. The molecule has 152 valence electrons. The molecule has 1 aliphatic heterocycles. The Kier molecular flexibility index (Phi) is 4.27. The second kappa shape index (κ2) is 6.98. The van der Waals surface area contributed by atoms with Gasteiger partial charge in [-0.05, 0) is 44.2 Å². The molecule has 5 rings (SSSR count). The quantitative estimate of drug-likeness (QED) is 0.522. The average Bonchev–Trinajstić information content (AvgIpc) is 3.30. The lowest BCUT2D eigenvalue weighted by Gasteiger charge is -2.17. The van der Waals surface area contributed by atoms with Gasteiger partial charge in [0.2, 0.25) is 0 Å². The van der Waals surface area contributed by atoms with E-state index in [1.165, 1.54) is 12.1 Å². The zero-order chi connectivity index (χ0) is 20.8. The maximum absolute atomic E-state index is 14.0. The molecule has 0 atom stereocenters. The molecule has 0 aliphatic carbocycles. The smallest absolute Gasteiger partial charge is 0.166 e. The largest absolute Gasteiger partial charge is 0.485 e. The Labute approximate surface area is 172 Å². The molecule has 0 amide bonds. The summed E-state index contributed by atoms with van der Waals surface area (Å²) in [7, 11) is 0. The molecule has 30 heavy (non-hydrogen) atoms. The van der Waals surface area contributed by atoms with Crippen molar-refractivity contribution in [2.75, 3.05) is 5.73 Å². The number of ether oxygens (including phenoxy) is 1. The van der Waals surface area contributed by atoms with Gasteiger partial charge in [-0.3, -0.25) is 9.36 Å². The van der Waals surface area contributed by atoms with Crippen LogP contribution < -0.4 is 10.5 Å². The van der Waals surface area contributed by atoms with Crippen molar-refractivity contribution in [1.82, 2.24) is 24.5 Å². The van der Waals surface area contributed by atoms with E-state index in [0.29, 0.717) is 30.2 Å². The first-order valence-corrected chi connectivity index (χ1v) is 9.80. The van der Waals surface area contributed by atoms with Gasteiger partial charge >= 0.3 is 0 Å². The lowest BCUT2D eigenvalue weighted by molar-refractivity contribution is 0.307. The van der Waals surface area contributed by atoms with Gasteiger partial charge in [0, 0.05) is 35.0 Å². The van der Waals surface area contributed by atoms with Crippen LogP contribution in [0.15, 0.2) is 42.7 Å².